The van der Waals surface area contributed by atoms with Crippen LogP contribution in [-0.4, -0.2) is 6.16 Å². The second kappa shape index (κ2) is 7.61. The second-order valence-electron chi connectivity index (χ2n) is 10.4. The van der Waals surface area contributed by atoms with Crippen molar-refractivity contribution < 1.29 is 0 Å². The van der Waals surface area contributed by atoms with Crippen LogP contribution in [0.5, 0.6) is 0 Å². The molecule has 1 aliphatic carbocycles. The van der Waals surface area contributed by atoms with Gasteiger partial charge in [0.15, 0.2) is 0 Å². The molecule has 1 fully saturated rings. The zero-order valence-electron chi connectivity index (χ0n) is 18.7. The summed E-state index contributed by atoms with van der Waals surface area (Å²) in [6, 6.07) is 33.7. The molecule has 3 aromatic carbocycles. The summed E-state index contributed by atoms with van der Waals surface area (Å²) in [5.74, 6) is 0.614. The van der Waals surface area contributed by atoms with Crippen molar-refractivity contribution in [2.45, 2.75) is 40.5 Å². The Hall–Kier alpha value is -1.43. The van der Waals surface area contributed by atoms with E-state index in [0.29, 0.717) is 16.7 Å². The van der Waals surface area contributed by atoms with Crippen molar-refractivity contribution in [3.8, 4) is 0 Å². The molecule has 1 saturated carbocycles. The van der Waals surface area contributed by atoms with Crippen LogP contribution in [0, 0.1) is 16.7 Å². The summed E-state index contributed by atoms with van der Waals surface area (Å²) in [7, 11) is 0. The van der Waals surface area contributed by atoms with E-state index >= 15 is 0 Å². The van der Waals surface area contributed by atoms with Gasteiger partial charge in [0.05, 0.1) is 0 Å². The van der Waals surface area contributed by atoms with E-state index in [1.165, 1.54) is 28.8 Å². The molecule has 3 aromatic rings. The van der Waals surface area contributed by atoms with Crippen molar-refractivity contribution in [1.29, 1.82) is 0 Å². The average Bonchev–Trinajstić information content (AvgIpc) is 2.98. The second-order valence-corrected chi connectivity index (χ2v) is 19.4. The molecule has 0 aliphatic heterocycles. The molecular formula is C28H34BrP. The molecule has 0 spiro atoms. The molecule has 0 aromatic heterocycles. The van der Waals surface area contributed by atoms with E-state index in [1.807, 2.05) is 0 Å². The van der Waals surface area contributed by atoms with Gasteiger partial charge in [-0.25, -0.2) is 0 Å². The summed E-state index contributed by atoms with van der Waals surface area (Å²) in [5, 5.41) is 1.42. The van der Waals surface area contributed by atoms with Crippen molar-refractivity contribution >= 4 is 36.7 Å². The monoisotopic (exact) mass is 480 g/mol. The fraction of sp³-hybridized carbons (Fsp3) is 0.357. The van der Waals surface area contributed by atoms with Crippen molar-refractivity contribution in [3.63, 3.8) is 0 Å². The average molecular weight is 481 g/mol. The third-order valence-corrected chi connectivity index (χ3v) is 17.4. The molecule has 0 amide bonds. The van der Waals surface area contributed by atoms with Crippen molar-refractivity contribution in [3.05, 3.63) is 91.0 Å². The number of hydrogen-bond acceptors (Lipinski definition) is 0. The molecule has 158 valence electrons. The molecule has 0 saturated heterocycles. The van der Waals surface area contributed by atoms with E-state index in [-0.39, 0.29) is 0 Å². The Morgan fingerprint density at radius 3 is 1.23 bits per heavy atom. The molecule has 30 heavy (non-hydrogen) atoms. The first-order valence-electron chi connectivity index (χ1n) is 11.1. The van der Waals surface area contributed by atoms with Crippen molar-refractivity contribution in [1.82, 2.24) is 0 Å². The third-order valence-electron chi connectivity index (χ3n) is 7.71. The molecular weight excluding hydrogens is 447 g/mol. The normalized spacial score (nSPS) is 19.8. The summed E-state index contributed by atoms with van der Waals surface area (Å²) in [5.41, 5.74) is 0.636. The van der Waals surface area contributed by atoms with Crippen LogP contribution in [0.15, 0.2) is 91.0 Å². The maximum atomic E-state index is 4.66. The van der Waals surface area contributed by atoms with Gasteiger partial charge < -0.3 is 0 Å². The Balaban J connectivity index is 2.07. The van der Waals surface area contributed by atoms with Gasteiger partial charge in [-0.2, -0.15) is 0 Å². The molecule has 0 heterocycles. The Bertz CT molecular complexity index is 877. The SMILES string of the molecule is CC1(C)CCC(C)(C)C1CP(Br)(c1ccccc1)(c1ccccc1)c1ccccc1. The van der Waals surface area contributed by atoms with E-state index in [1.54, 1.807) is 0 Å². The van der Waals surface area contributed by atoms with Crippen LogP contribution >= 0.6 is 20.8 Å². The summed E-state index contributed by atoms with van der Waals surface area (Å²) >= 11 is 4.66. The standard InChI is InChI=1S/C28H34BrP/c1-27(2)20-21-28(3,4)26(27)22-30(29,23-14-8-5-9-15-23,24-16-10-6-11-17-24)25-18-12-7-13-19-25/h5-19,26H,20-22H2,1-4H3. The number of rotatable bonds is 5. The van der Waals surface area contributed by atoms with Gasteiger partial charge in [0.1, 0.15) is 0 Å². The van der Waals surface area contributed by atoms with Crippen LogP contribution in [0.3, 0.4) is 0 Å². The van der Waals surface area contributed by atoms with Gasteiger partial charge in [0.25, 0.3) is 0 Å². The van der Waals surface area contributed by atoms with Crippen LogP contribution < -0.4 is 15.9 Å². The third kappa shape index (κ3) is 3.39. The number of benzene rings is 3. The minimum absolute atomic E-state index is 0.318. The zero-order chi connectivity index (χ0) is 21.5. The van der Waals surface area contributed by atoms with Gasteiger partial charge in [-0.15, -0.1) is 0 Å². The van der Waals surface area contributed by atoms with Gasteiger partial charge >= 0.3 is 191 Å². The Kier molecular flexibility index (Phi) is 5.53. The van der Waals surface area contributed by atoms with E-state index in [4.69, 9.17) is 0 Å². The minimum atomic E-state index is -2.87. The Morgan fingerprint density at radius 2 is 0.933 bits per heavy atom. The van der Waals surface area contributed by atoms with Gasteiger partial charge in [-0.3, -0.25) is 0 Å². The van der Waals surface area contributed by atoms with Crippen molar-refractivity contribution in [2.75, 3.05) is 6.16 Å². The van der Waals surface area contributed by atoms with E-state index in [2.05, 4.69) is 134 Å². The molecule has 0 radical (unpaired) electrons. The first kappa shape index (κ1) is 21.8. The zero-order valence-corrected chi connectivity index (χ0v) is 21.2. The first-order valence-corrected chi connectivity index (χ1v) is 15.5. The molecule has 0 nitrogen and oxygen atoms in total. The van der Waals surface area contributed by atoms with Crippen LogP contribution in [0.1, 0.15) is 40.5 Å². The van der Waals surface area contributed by atoms with E-state index in [0.717, 1.165) is 6.16 Å². The summed E-state index contributed by atoms with van der Waals surface area (Å²) in [6.07, 6.45) is 3.73. The maximum absolute atomic E-state index is 4.66. The summed E-state index contributed by atoms with van der Waals surface area (Å²) in [6.45, 7) is 9.95. The number of halogens is 1. The fourth-order valence-electron chi connectivity index (χ4n) is 5.87. The molecule has 2 heteroatoms. The summed E-state index contributed by atoms with van der Waals surface area (Å²) < 4.78 is 0. The topological polar surface area (TPSA) is 0 Å². The molecule has 1 aliphatic rings. The quantitative estimate of drug-likeness (QED) is 0.336. The molecule has 4 rings (SSSR count). The van der Waals surface area contributed by atoms with E-state index in [9.17, 15) is 0 Å². The van der Waals surface area contributed by atoms with Gasteiger partial charge in [-0.05, 0) is 0 Å². The Labute approximate surface area is 190 Å². The van der Waals surface area contributed by atoms with Crippen LogP contribution in [0.25, 0.3) is 0 Å². The van der Waals surface area contributed by atoms with Gasteiger partial charge in [0, 0.05) is 0 Å². The van der Waals surface area contributed by atoms with Crippen molar-refractivity contribution in [2.24, 2.45) is 16.7 Å². The van der Waals surface area contributed by atoms with Gasteiger partial charge in [-0.1, -0.05) is 0 Å². The van der Waals surface area contributed by atoms with Gasteiger partial charge in [0.2, 0.25) is 0 Å². The molecule has 0 N–H and O–H groups in total. The molecule has 0 atom stereocenters. The van der Waals surface area contributed by atoms with Crippen LogP contribution in [-0.2, 0) is 0 Å². The Morgan fingerprint density at radius 1 is 0.633 bits per heavy atom. The first-order chi connectivity index (χ1) is 14.2. The van der Waals surface area contributed by atoms with E-state index < -0.39 is 5.31 Å². The summed E-state index contributed by atoms with van der Waals surface area (Å²) in [4.78, 5) is 0. The molecule has 0 unspecified atom stereocenters. The molecule has 0 bridgehead atoms. The van der Waals surface area contributed by atoms with Crippen LogP contribution in [0.2, 0.25) is 0 Å². The number of hydrogen-bond donors (Lipinski definition) is 0. The predicted octanol–water partition coefficient (Wildman–Crippen LogP) is 7.29. The predicted molar refractivity (Wildman–Crippen MR) is 139 cm³/mol. The fourth-order valence-corrected chi connectivity index (χ4v) is 14.4. The van der Waals surface area contributed by atoms with Crippen LogP contribution in [0.4, 0.5) is 0 Å².